The summed E-state index contributed by atoms with van der Waals surface area (Å²) in [6.07, 6.45) is 4.41. The summed E-state index contributed by atoms with van der Waals surface area (Å²) in [4.78, 5) is 8.50. The van der Waals surface area contributed by atoms with E-state index in [2.05, 4.69) is 25.9 Å². The predicted octanol–water partition coefficient (Wildman–Crippen LogP) is 2.78. The molecule has 0 atom stereocenters. The lowest BCUT2D eigenvalue weighted by atomic mass is 10.1. The fourth-order valence-corrected chi connectivity index (χ4v) is 4.23. The summed E-state index contributed by atoms with van der Waals surface area (Å²) in [7, 11) is -3.44. The molecule has 0 spiro atoms. The zero-order valence-electron chi connectivity index (χ0n) is 13.2. The summed E-state index contributed by atoms with van der Waals surface area (Å²) < 4.78 is 33.3. The van der Waals surface area contributed by atoms with E-state index in [9.17, 15) is 8.42 Å². The molecule has 0 amide bonds. The van der Waals surface area contributed by atoms with Gasteiger partial charge in [-0.3, -0.25) is 0 Å². The Morgan fingerprint density at radius 3 is 2.29 bits per heavy atom. The molecule has 0 aliphatic carbocycles. The number of sulfonamides is 1. The van der Waals surface area contributed by atoms with Gasteiger partial charge in [-0.25, -0.2) is 18.4 Å². The summed E-state index contributed by atoms with van der Waals surface area (Å²) in [6, 6.07) is 7.26. The molecule has 1 aromatic heterocycles. The van der Waals surface area contributed by atoms with Gasteiger partial charge >= 0.3 is 6.01 Å². The van der Waals surface area contributed by atoms with Crippen molar-refractivity contribution in [1.29, 1.82) is 0 Å². The number of halogens is 1. The highest BCUT2D eigenvalue weighted by atomic mass is 79.9. The molecule has 0 radical (unpaired) electrons. The van der Waals surface area contributed by atoms with Crippen LogP contribution in [0.1, 0.15) is 18.4 Å². The Morgan fingerprint density at radius 1 is 1.12 bits per heavy atom. The monoisotopic (exact) mass is 411 g/mol. The first-order valence-corrected chi connectivity index (χ1v) is 9.89. The molecular weight excluding hydrogens is 394 g/mol. The first kappa shape index (κ1) is 17.3. The SMILES string of the molecule is Cc1ccc(S(=O)(=O)N2CCC(Oc3ncc(Br)cn3)CC2)cc1. The molecule has 0 unspecified atom stereocenters. The Morgan fingerprint density at radius 2 is 1.71 bits per heavy atom. The van der Waals surface area contributed by atoms with Gasteiger partial charge in [0.2, 0.25) is 10.0 Å². The lowest BCUT2D eigenvalue weighted by Crippen LogP contribution is -2.41. The highest BCUT2D eigenvalue weighted by Crippen LogP contribution is 2.23. The second-order valence-electron chi connectivity index (χ2n) is 5.72. The smallest absolute Gasteiger partial charge is 0.316 e. The first-order valence-electron chi connectivity index (χ1n) is 7.66. The van der Waals surface area contributed by atoms with Crippen LogP contribution in [0, 0.1) is 6.92 Å². The molecule has 1 aliphatic heterocycles. The number of aromatic nitrogens is 2. The first-order chi connectivity index (χ1) is 11.4. The quantitative estimate of drug-likeness (QED) is 0.772. The van der Waals surface area contributed by atoms with Gasteiger partial charge in [0.05, 0.1) is 9.37 Å². The third-order valence-electron chi connectivity index (χ3n) is 3.93. The molecule has 1 aromatic carbocycles. The van der Waals surface area contributed by atoms with Gasteiger partial charge in [0.25, 0.3) is 0 Å². The van der Waals surface area contributed by atoms with Crippen molar-refractivity contribution in [2.75, 3.05) is 13.1 Å². The van der Waals surface area contributed by atoms with Crippen molar-refractivity contribution >= 4 is 26.0 Å². The standard InChI is InChI=1S/C16H18BrN3O3S/c1-12-2-4-15(5-3-12)24(21,22)20-8-6-14(7-9-20)23-16-18-10-13(17)11-19-16/h2-5,10-11,14H,6-9H2,1H3. The number of benzene rings is 1. The molecule has 1 aliphatic rings. The number of ether oxygens (including phenoxy) is 1. The molecule has 2 heterocycles. The maximum atomic E-state index is 12.7. The molecule has 24 heavy (non-hydrogen) atoms. The lowest BCUT2D eigenvalue weighted by molar-refractivity contribution is 0.124. The van der Waals surface area contributed by atoms with Crippen LogP contribution in [-0.4, -0.2) is 41.9 Å². The zero-order valence-corrected chi connectivity index (χ0v) is 15.6. The summed E-state index contributed by atoms with van der Waals surface area (Å²) >= 11 is 3.27. The van der Waals surface area contributed by atoms with E-state index < -0.39 is 10.0 Å². The van der Waals surface area contributed by atoms with Crippen LogP contribution in [0.5, 0.6) is 6.01 Å². The van der Waals surface area contributed by atoms with E-state index in [1.165, 1.54) is 4.31 Å². The minimum absolute atomic E-state index is 0.0735. The maximum absolute atomic E-state index is 12.7. The van der Waals surface area contributed by atoms with Gasteiger partial charge in [0.15, 0.2) is 0 Å². The van der Waals surface area contributed by atoms with Crippen LogP contribution in [0.2, 0.25) is 0 Å². The highest BCUT2D eigenvalue weighted by Gasteiger charge is 2.30. The van der Waals surface area contributed by atoms with Crippen molar-refractivity contribution < 1.29 is 13.2 Å². The van der Waals surface area contributed by atoms with Gasteiger partial charge in [0.1, 0.15) is 6.10 Å². The number of aryl methyl sites for hydroxylation is 1. The summed E-state index contributed by atoms with van der Waals surface area (Å²) in [5, 5.41) is 0. The molecule has 8 heteroatoms. The van der Waals surface area contributed by atoms with Crippen LogP contribution in [-0.2, 0) is 10.0 Å². The predicted molar refractivity (Wildman–Crippen MR) is 93.3 cm³/mol. The maximum Gasteiger partial charge on any atom is 0.316 e. The van der Waals surface area contributed by atoms with Crippen molar-refractivity contribution in [3.63, 3.8) is 0 Å². The van der Waals surface area contributed by atoms with Crippen LogP contribution >= 0.6 is 15.9 Å². The van der Waals surface area contributed by atoms with Crippen LogP contribution in [0.4, 0.5) is 0 Å². The van der Waals surface area contributed by atoms with Gasteiger partial charge in [-0.05, 0) is 47.8 Å². The van der Waals surface area contributed by atoms with Crippen molar-refractivity contribution in [1.82, 2.24) is 14.3 Å². The third-order valence-corrected chi connectivity index (χ3v) is 6.25. The van der Waals surface area contributed by atoms with Crippen molar-refractivity contribution in [2.24, 2.45) is 0 Å². The second-order valence-corrected chi connectivity index (χ2v) is 8.57. The average Bonchev–Trinajstić information content (AvgIpc) is 2.58. The van der Waals surface area contributed by atoms with E-state index >= 15 is 0 Å². The van der Waals surface area contributed by atoms with Gasteiger partial charge in [-0.2, -0.15) is 4.31 Å². The van der Waals surface area contributed by atoms with E-state index in [0.717, 1.165) is 10.0 Å². The Kier molecular flexibility index (Phi) is 5.17. The number of nitrogens with zero attached hydrogens (tertiary/aromatic N) is 3. The largest absolute Gasteiger partial charge is 0.460 e. The Balaban J connectivity index is 1.62. The van der Waals surface area contributed by atoms with Crippen LogP contribution in [0.25, 0.3) is 0 Å². The summed E-state index contributed by atoms with van der Waals surface area (Å²) in [5.74, 6) is 0. The molecule has 0 saturated carbocycles. The zero-order chi connectivity index (χ0) is 17.2. The minimum atomic E-state index is -3.44. The molecule has 1 fully saturated rings. The van der Waals surface area contributed by atoms with E-state index in [1.807, 2.05) is 19.1 Å². The van der Waals surface area contributed by atoms with Crippen LogP contribution < -0.4 is 4.74 Å². The molecule has 0 N–H and O–H groups in total. The topological polar surface area (TPSA) is 72.4 Å². The second kappa shape index (κ2) is 7.16. The lowest BCUT2D eigenvalue weighted by Gasteiger charge is -2.30. The van der Waals surface area contributed by atoms with Gasteiger partial charge in [-0.15, -0.1) is 0 Å². The molecule has 0 bridgehead atoms. The van der Waals surface area contributed by atoms with Crippen molar-refractivity contribution in [3.05, 3.63) is 46.7 Å². The van der Waals surface area contributed by atoms with E-state index in [1.54, 1.807) is 24.5 Å². The van der Waals surface area contributed by atoms with E-state index in [0.29, 0.717) is 36.8 Å². The normalized spacial score (nSPS) is 16.9. The molecule has 6 nitrogen and oxygen atoms in total. The van der Waals surface area contributed by atoms with Crippen LogP contribution in [0.3, 0.4) is 0 Å². The van der Waals surface area contributed by atoms with Crippen molar-refractivity contribution in [2.45, 2.75) is 30.8 Å². The van der Waals surface area contributed by atoms with Crippen LogP contribution in [0.15, 0.2) is 46.0 Å². The molecule has 2 aromatic rings. The fourth-order valence-electron chi connectivity index (χ4n) is 2.56. The molecular formula is C16H18BrN3O3S. The Bertz CT molecular complexity index is 786. The van der Waals surface area contributed by atoms with Gasteiger partial charge in [0, 0.05) is 25.5 Å². The number of rotatable bonds is 4. The number of hydrogen-bond donors (Lipinski definition) is 0. The summed E-state index contributed by atoms with van der Waals surface area (Å²) in [5.41, 5.74) is 1.04. The van der Waals surface area contributed by atoms with E-state index in [-0.39, 0.29) is 6.10 Å². The molecule has 128 valence electrons. The fraction of sp³-hybridized carbons (Fsp3) is 0.375. The van der Waals surface area contributed by atoms with Gasteiger partial charge < -0.3 is 4.74 Å². The summed E-state index contributed by atoms with van der Waals surface area (Å²) in [6.45, 7) is 2.79. The third kappa shape index (κ3) is 3.93. The Hall–Kier alpha value is -1.51. The van der Waals surface area contributed by atoms with Gasteiger partial charge in [-0.1, -0.05) is 17.7 Å². The number of hydrogen-bond acceptors (Lipinski definition) is 5. The van der Waals surface area contributed by atoms with E-state index in [4.69, 9.17) is 4.74 Å². The Labute approximate surface area is 150 Å². The minimum Gasteiger partial charge on any atom is -0.460 e. The van der Waals surface area contributed by atoms with Crippen molar-refractivity contribution in [3.8, 4) is 6.01 Å². The molecule has 3 rings (SSSR count). The molecule has 1 saturated heterocycles. The average molecular weight is 412 g/mol. The highest BCUT2D eigenvalue weighted by molar-refractivity contribution is 9.10. The number of piperidine rings is 1.